The molecule has 1 atom stereocenters. The van der Waals surface area contributed by atoms with Crippen LogP contribution in [0.1, 0.15) is 31.7 Å². The average molecular weight is 310 g/mol. The Morgan fingerprint density at radius 2 is 2.24 bits per heavy atom. The van der Waals surface area contributed by atoms with Gasteiger partial charge in [0.1, 0.15) is 0 Å². The monoisotopic (exact) mass is 309 g/mol. The van der Waals surface area contributed by atoms with Gasteiger partial charge in [-0.2, -0.15) is 0 Å². The van der Waals surface area contributed by atoms with Gasteiger partial charge in [-0.25, -0.2) is 0 Å². The Morgan fingerprint density at radius 3 is 2.95 bits per heavy atom. The minimum Gasteiger partial charge on any atom is -0.370 e. The van der Waals surface area contributed by atoms with Gasteiger partial charge in [-0.3, -0.25) is 0 Å². The van der Waals surface area contributed by atoms with Crippen molar-refractivity contribution in [2.45, 2.75) is 38.8 Å². The number of piperidine rings is 1. The molecule has 0 aliphatic carbocycles. The predicted molar refractivity (Wildman–Crippen MR) is 92.4 cm³/mol. The number of nitrogens with zero attached hydrogens (tertiary/aromatic N) is 2. The quantitative estimate of drug-likeness (QED) is 0.813. The van der Waals surface area contributed by atoms with Crippen molar-refractivity contribution in [3.8, 4) is 0 Å². The van der Waals surface area contributed by atoms with Crippen LogP contribution >= 0.6 is 11.6 Å². The Bertz CT molecular complexity index is 450. The third-order valence-electron chi connectivity index (χ3n) is 4.31. The molecule has 2 rings (SSSR count). The molecule has 0 spiro atoms. The number of likely N-dealkylation sites (N-methyl/N-ethyl adjacent to an activating group) is 2. The summed E-state index contributed by atoms with van der Waals surface area (Å²) < 4.78 is 0. The summed E-state index contributed by atoms with van der Waals surface area (Å²) in [6.45, 7) is 6.48. The maximum atomic E-state index is 6.19. The molecule has 3 nitrogen and oxygen atoms in total. The second kappa shape index (κ2) is 8.02. The number of halogens is 1. The number of hydrogen-bond donors (Lipinski definition) is 1. The Balaban J connectivity index is 2.12. The molecule has 21 heavy (non-hydrogen) atoms. The lowest BCUT2D eigenvalue weighted by molar-refractivity contribution is 0.248. The number of anilines is 1. The first-order valence-electron chi connectivity index (χ1n) is 8.02. The number of rotatable bonds is 6. The van der Waals surface area contributed by atoms with Crippen molar-refractivity contribution in [2.24, 2.45) is 0 Å². The highest BCUT2D eigenvalue weighted by atomic mass is 35.5. The summed E-state index contributed by atoms with van der Waals surface area (Å²) in [5.74, 6) is 0. The van der Waals surface area contributed by atoms with E-state index in [1.807, 2.05) is 6.07 Å². The predicted octanol–water partition coefficient (Wildman–Crippen LogP) is 3.37. The molecule has 1 fully saturated rings. The van der Waals surface area contributed by atoms with Crippen molar-refractivity contribution >= 4 is 17.3 Å². The van der Waals surface area contributed by atoms with E-state index in [-0.39, 0.29) is 0 Å². The van der Waals surface area contributed by atoms with E-state index in [4.69, 9.17) is 11.6 Å². The molecule has 1 N–H and O–H groups in total. The molecule has 1 unspecified atom stereocenters. The smallest absolute Gasteiger partial charge is 0.0414 e. The van der Waals surface area contributed by atoms with Crippen LogP contribution in [0.2, 0.25) is 5.02 Å². The molecule has 4 heteroatoms. The highest BCUT2D eigenvalue weighted by Crippen LogP contribution is 2.27. The van der Waals surface area contributed by atoms with Crippen molar-refractivity contribution in [2.75, 3.05) is 38.6 Å². The first kappa shape index (κ1) is 16.6. The third-order valence-corrected chi connectivity index (χ3v) is 4.55. The lowest BCUT2D eigenvalue weighted by Gasteiger charge is -2.38. The standard InChI is InChI=1S/C17H28ClN3/c1-4-9-19-12-14-11-15(18)7-8-17(14)21(3)16-6-5-10-20(2)13-16/h7-8,11,16,19H,4-6,9-10,12-13H2,1-3H3. The summed E-state index contributed by atoms with van der Waals surface area (Å²) in [7, 11) is 4.43. The molecule has 1 aliphatic heterocycles. The Hall–Kier alpha value is -0.770. The maximum absolute atomic E-state index is 6.19. The first-order valence-corrected chi connectivity index (χ1v) is 8.40. The zero-order valence-corrected chi connectivity index (χ0v) is 14.3. The third kappa shape index (κ3) is 4.60. The fourth-order valence-corrected chi connectivity index (χ4v) is 3.29. The molecule has 0 aromatic heterocycles. The molecule has 0 amide bonds. The fourth-order valence-electron chi connectivity index (χ4n) is 3.09. The van der Waals surface area contributed by atoms with Crippen LogP contribution in [-0.4, -0.2) is 44.7 Å². The van der Waals surface area contributed by atoms with E-state index in [2.05, 4.69) is 48.3 Å². The van der Waals surface area contributed by atoms with E-state index >= 15 is 0 Å². The number of benzene rings is 1. The van der Waals surface area contributed by atoms with Crippen LogP contribution in [0.15, 0.2) is 18.2 Å². The number of nitrogens with one attached hydrogen (secondary N) is 1. The molecule has 118 valence electrons. The van der Waals surface area contributed by atoms with E-state index in [0.717, 1.165) is 31.1 Å². The summed E-state index contributed by atoms with van der Waals surface area (Å²) >= 11 is 6.19. The molecule has 0 saturated carbocycles. The van der Waals surface area contributed by atoms with Gasteiger partial charge in [-0.15, -0.1) is 0 Å². The van der Waals surface area contributed by atoms with Gasteiger partial charge in [-0.05, 0) is 63.2 Å². The van der Waals surface area contributed by atoms with Crippen LogP contribution in [0.5, 0.6) is 0 Å². The summed E-state index contributed by atoms with van der Waals surface area (Å²) in [5.41, 5.74) is 2.61. The van der Waals surface area contributed by atoms with Gasteiger partial charge >= 0.3 is 0 Å². The van der Waals surface area contributed by atoms with Crippen molar-refractivity contribution in [3.05, 3.63) is 28.8 Å². The van der Waals surface area contributed by atoms with Crippen LogP contribution in [-0.2, 0) is 6.54 Å². The molecule has 1 aromatic rings. The van der Waals surface area contributed by atoms with Crippen molar-refractivity contribution in [1.29, 1.82) is 0 Å². The molecule has 0 bridgehead atoms. The van der Waals surface area contributed by atoms with Gasteiger partial charge in [0.05, 0.1) is 0 Å². The van der Waals surface area contributed by atoms with Crippen molar-refractivity contribution in [3.63, 3.8) is 0 Å². The second-order valence-electron chi connectivity index (χ2n) is 6.12. The topological polar surface area (TPSA) is 18.5 Å². The number of likely N-dealkylation sites (tertiary alicyclic amines) is 1. The van der Waals surface area contributed by atoms with E-state index in [1.54, 1.807) is 0 Å². The minimum absolute atomic E-state index is 0.592. The van der Waals surface area contributed by atoms with E-state index in [9.17, 15) is 0 Å². The van der Waals surface area contributed by atoms with Crippen LogP contribution in [0, 0.1) is 0 Å². The van der Waals surface area contributed by atoms with E-state index < -0.39 is 0 Å². The lowest BCUT2D eigenvalue weighted by atomic mass is 10.0. The first-order chi connectivity index (χ1) is 10.1. The molecular weight excluding hydrogens is 282 g/mol. The highest BCUT2D eigenvalue weighted by Gasteiger charge is 2.22. The van der Waals surface area contributed by atoms with Crippen LogP contribution in [0.4, 0.5) is 5.69 Å². The van der Waals surface area contributed by atoms with E-state index in [0.29, 0.717) is 6.04 Å². The Kier molecular flexibility index (Phi) is 6.34. The number of hydrogen-bond acceptors (Lipinski definition) is 3. The van der Waals surface area contributed by atoms with Crippen LogP contribution in [0.3, 0.4) is 0 Å². The van der Waals surface area contributed by atoms with Gasteiger partial charge in [0.2, 0.25) is 0 Å². The molecule has 1 aliphatic rings. The molecule has 1 heterocycles. The summed E-state index contributed by atoms with van der Waals surface area (Å²) in [4.78, 5) is 4.87. The van der Waals surface area contributed by atoms with Gasteiger partial charge < -0.3 is 15.1 Å². The maximum Gasteiger partial charge on any atom is 0.0414 e. The SMILES string of the molecule is CCCNCc1cc(Cl)ccc1N(C)C1CCCN(C)C1. The Morgan fingerprint density at radius 1 is 1.43 bits per heavy atom. The lowest BCUT2D eigenvalue weighted by Crippen LogP contribution is -2.45. The fraction of sp³-hybridized carbons (Fsp3) is 0.647. The average Bonchev–Trinajstić information content (AvgIpc) is 2.47. The second-order valence-corrected chi connectivity index (χ2v) is 6.56. The minimum atomic E-state index is 0.592. The normalized spacial score (nSPS) is 19.7. The van der Waals surface area contributed by atoms with Crippen molar-refractivity contribution < 1.29 is 0 Å². The summed E-state index contributed by atoms with van der Waals surface area (Å²) in [6, 6.07) is 6.86. The van der Waals surface area contributed by atoms with Gasteiger partial charge in [-0.1, -0.05) is 18.5 Å². The van der Waals surface area contributed by atoms with Crippen molar-refractivity contribution in [1.82, 2.24) is 10.2 Å². The Labute approximate surface area is 134 Å². The van der Waals surface area contributed by atoms with Gasteiger partial charge in [0.15, 0.2) is 0 Å². The zero-order chi connectivity index (χ0) is 15.2. The van der Waals surface area contributed by atoms with Crippen LogP contribution in [0.25, 0.3) is 0 Å². The molecule has 1 aromatic carbocycles. The molecular formula is C17H28ClN3. The summed E-state index contributed by atoms with van der Waals surface area (Å²) in [6.07, 6.45) is 3.70. The van der Waals surface area contributed by atoms with Gasteiger partial charge in [0, 0.05) is 36.9 Å². The summed E-state index contributed by atoms with van der Waals surface area (Å²) in [5, 5.41) is 4.31. The van der Waals surface area contributed by atoms with E-state index in [1.165, 1.54) is 30.6 Å². The van der Waals surface area contributed by atoms with Gasteiger partial charge in [0.25, 0.3) is 0 Å². The molecule has 0 radical (unpaired) electrons. The zero-order valence-electron chi connectivity index (χ0n) is 13.5. The molecule has 1 saturated heterocycles. The van der Waals surface area contributed by atoms with Crippen LogP contribution < -0.4 is 10.2 Å². The highest BCUT2D eigenvalue weighted by molar-refractivity contribution is 6.30. The largest absolute Gasteiger partial charge is 0.370 e.